The quantitative estimate of drug-likeness (QED) is 0.646. The molecule has 0 bridgehead atoms. The Balaban J connectivity index is 2.75. The van der Waals surface area contributed by atoms with Crippen molar-refractivity contribution < 1.29 is 22.7 Å². The second-order valence-electron chi connectivity index (χ2n) is 7.30. The molecule has 25 heavy (non-hydrogen) atoms. The SMILES string of the molecule is CCC(=O)OC1(c2cc(F)c(F)cc2F)C(N)C(C)CCC1C(C)C. The van der Waals surface area contributed by atoms with Crippen LogP contribution in [0.5, 0.6) is 0 Å². The number of nitrogens with two attached hydrogens (primary N) is 1. The molecule has 0 radical (unpaired) electrons. The predicted molar refractivity (Wildman–Crippen MR) is 89.1 cm³/mol. The predicted octanol–water partition coefficient (Wildman–Crippen LogP) is 4.28. The van der Waals surface area contributed by atoms with Crippen molar-refractivity contribution in [2.24, 2.45) is 23.5 Å². The minimum absolute atomic E-state index is 0.00993. The molecule has 1 saturated carbocycles. The zero-order valence-electron chi connectivity index (χ0n) is 15.1. The second kappa shape index (κ2) is 7.36. The van der Waals surface area contributed by atoms with Gasteiger partial charge in [-0.15, -0.1) is 0 Å². The summed E-state index contributed by atoms with van der Waals surface area (Å²) >= 11 is 0. The monoisotopic (exact) mass is 357 g/mol. The van der Waals surface area contributed by atoms with E-state index in [0.717, 1.165) is 12.5 Å². The van der Waals surface area contributed by atoms with Gasteiger partial charge in [0.1, 0.15) is 5.82 Å². The molecule has 140 valence electrons. The van der Waals surface area contributed by atoms with E-state index in [1.54, 1.807) is 6.92 Å². The molecule has 4 unspecified atom stereocenters. The Morgan fingerprint density at radius 1 is 1.24 bits per heavy atom. The zero-order chi connectivity index (χ0) is 18.9. The molecule has 0 aliphatic heterocycles. The van der Waals surface area contributed by atoms with Crippen molar-refractivity contribution >= 4 is 5.97 Å². The largest absolute Gasteiger partial charge is 0.452 e. The van der Waals surface area contributed by atoms with Crippen molar-refractivity contribution in [1.82, 2.24) is 0 Å². The fourth-order valence-corrected chi connectivity index (χ4v) is 4.00. The van der Waals surface area contributed by atoms with E-state index in [2.05, 4.69) is 0 Å². The number of carbonyl (C=O) groups excluding carboxylic acids is 1. The van der Waals surface area contributed by atoms with E-state index in [9.17, 15) is 18.0 Å². The van der Waals surface area contributed by atoms with Gasteiger partial charge >= 0.3 is 5.97 Å². The first kappa shape index (κ1) is 19.8. The van der Waals surface area contributed by atoms with Crippen molar-refractivity contribution in [2.75, 3.05) is 0 Å². The summed E-state index contributed by atoms with van der Waals surface area (Å²) in [5.74, 6) is -4.30. The maximum atomic E-state index is 14.7. The van der Waals surface area contributed by atoms with Crippen molar-refractivity contribution in [2.45, 2.75) is 58.6 Å². The van der Waals surface area contributed by atoms with Gasteiger partial charge in [-0.25, -0.2) is 13.2 Å². The van der Waals surface area contributed by atoms with Gasteiger partial charge in [0.2, 0.25) is 0 Å². The van der Waals surface area contributed by atoms with E-state index < -0.39 is 35.1 Å². The first-order chi connectivity index (χ1) is 11.6. The molecule has 6 heteroatoms. The van der Waals surface area contributed by atoms with Gasteiger partial charge in [0.15, 0.2) is 17.2 Å². The van der Waals surface area contributed by atoms with Crippen LogP contribution in [0.1, 0.15) is 52.5 Å². The van der Waals surface area contributed by atoms with Crippen LogP contribution in [0.3, 0.4) is 0 Å². The molecule has 1 aliphatic carbocycles. The summed E-state index contributed by atoms with van der Waals surface area (Å²) in [4.78, 5) is 12.2. The van der Waals surface area contributed by atoms with Crippen molar-refractivity contribution in [3.8, 4) is 0 Å². The van der Waals surface area contributed by atoms with Crippen molar-refractivity contribution in [1.29, 1.82) is 0 Å². The maximum Gasteiger partial charge on any atom is 0.306 e. The lowest BCUT2D eigenvalue weighted by Gasteiger charge is -2.51. The zero-order valence-corrected chi connectivity index (χ0v) is 15.1. The summed E-state index contributed by atoms with van der Waals surface area (Å²) < 4.78 is 47.8. The van der Waals surface area contributed by atoms with Crippen LogP contribution in [0, 0.1) is 35.2 Å². The number of esters is 1. The summed E-state index contributed by atoms with van der Waals surface area (Å²) in [7, 11) is 0. The van der Waals surface area contributed by atoms with Crippen LogP contribution >= 0.6 is 0 Å². The molecule has 0 spiro atoms. The maximum absolute atomic E-state index is 14.7. The summed E-state index contributed by atoms with van der Waals surface area (Å²) in [6.07, 6.45) is 1.53. The summed E-state index contributed by atoms with van der Waals surface area (Å²) in [5.41, 5.74) is 4.73. The number of benzene rings is 1. The van der Waals surface area contributed by atoms with Gasteiger partial charge in [-0.2, -0.15) is 0 Å². The van der Waals surface area contributed by atoms with Crippen LogP contribution in [0.25, 0.3) is 0 Å². The number of hydrogen-bond acceptors (Lipinski definition) is 3. The van der Waals surface area contributed by atoms with Crippen LogP contribution in [0.2, 0.25) is 0 Å². The minimum Gasteiger partial charge on any atom is -0.452 e. The van der Waals surface area contributed by atoms with Crippen LogP contribution < -0.4 is 5.73 Å². The van der Waals surface area contributed by atoms with Gasteiger partial charge < -0.3 is 10.5 Å². The highest BCUT2D eigenvalue weighted by Gasteiger charge is 2.55. The van der Waals surface area contributed by atoms with Gasteiger partial charge in [0.05, 0.1) is 6.04 Å². The molecular weight excluding hydrogens is 331 g/mol. The Morgan fingerprint density at radius 2 is 1.84 bits per heavy atom. The van der Waals surface area contributed by atoms with Crippen LogP contribution in [0.15, 0.2) is 12.1 Å². The minimum atomic E-state index is -1.52. The number of ether oxygens (including phenoxy) is 1. The molecule has 2 rings (SSSR count). The lowest BCUT2D eigenvalue weighted by atomic mass is 9.61. The Kier molecular flexibility index (Phi) is 5.82. The summed E-state index contributed by atoms with van der Waals surface area (Å²) in [6, 6.07) is 0.569. The van der Waals surface area contributed by atoms with Gasteiger partial charge in [-0.1, -0.05) is 27.7 Å². The topological polar surface area (TPSA) is 52.3 Å². The molecule has 1 fully saturated rings. The molecule has 0 amide bonds. The molecule has 1 aliphatic rings. The number of rotatable bonds is 4. The summed E-state index contributed by atoms with van der Waals surface area (Å²) in [6.45, 7) is 7.38. The normalized spacial score (nSPS) is 29.7. The van der Waals surface area contributed by atoms with E-state index in [1.165, 1.54) is 0 Å². The van der Waals surface area contributed by atoms with Crippen LogP contribution in [0.4, 0.5) is 13.2 Å². The van der Waals surface area contributed by atoms with Crippen LogP contribution in [-0.2, 0) is 15.1 Å². The standard InChI is InChI=1S/C19H26F3NO2/c1-5-17(24)25-19(13-8-15(21)16(22)9-14(13)20)12(10(2)3)7-6-11(4)18(19)23/h8-12,18H,5-7,23H2,1-4H3. The Morgan fingerprint density at radius 3 is 2.40 bits per heavy atom. The molecule has 0 saturated heterocycles. The molecule has 2 N–H and O–H groups in total. The average Bonchev–Trinajstić information content (AvgIpc) is 2.54. The lowest BCUT2D eigenvalue weighted by molar-refractivity contribution is -0.184. The highest BCUT2D eigenvalue weighted by Crippen LogP contribution is 2.50. The Bertz CT molecular complexity index is 650. The summed E-state index contributed by atoms with van der Waals surface area (Å²) in [5, 5.41) is 0. The van der Waals surface area contributed by atoms with E-state index >= 15 is 0 Å². The first-order valence-corrected chi connectivity index (χ1v) is 8.77. The highest BCUT2D eigenvalue weighted by atomic mass is 19.2. The first-order valence-electron chi connectivity index (χ1n) is 8.77. The molecule has 0 heterocycles. The van der Waals surface area contributed by atoms with Gasteiger partial charge in [0, 0.05) is 24.0 Å². The third-order valence-corrected chi connectivity index (χ3v) is 5.40. The third-order valence-electron chi connectivity index (χ3n) is 5.40. The number of halogens is 3. The van der Waals surface area contributed by atoms with Gasteiger partial charge in [0.25, 0.3) is 0 Å². The van der Waals surface area contributed by atoms with E-state index in [-0.39, 0.29) is 29.7 Å². The number of carbonyl (C=O) groups is 1. The van der Waals surface area contributed by atoms with E-state index in [1.807, 2.05) is 20.8 Å². The molecule has 0 aromatic heterocycles. The third kappa shape index (κ3) is 3.41. The second-order valence-corrected chi connectivity index (χ2v) is 7.30. The van der Waals surface area contributed by atoms with E-state index in [4.69, 9.17) is 10.5 Å². The Hall–Kier alpha value is -1.56. The van der Waals surface area contributed by atoms with Crippen LogP contribution in [-0.4, -0.2) is 12.0 Å². The van der Waals surface area contributed by atoms with Gasteiger partial charge in [-0.3, -0.25) is 4.79 Å². The van der Waals surface area contributed by atoms with Crippen molar-refractivity contribution in [3.63, 3.8) is 0 Å². The molecule has 4 atom stereocenters. The van der Waals surface area contributed by atoms with E-state index in [0.29, 0.717) is 12.5 Å². The molecule has 3 nitrogen and oxygen atoms in total. The Labute approximate surface area is 146 Å². The molecule has 1 aromatic rings. The number of hydrogen-bond donors (Lipinski definition) is 1. The lowest BCUT2D eigenvalue weighted by Crippen LogP contribution is -2.60. The fraction of sp³-hybridized carbons (Fsp3) is 0.632. The van der Waals surface area contributed by atoms with Gasteiger partial charge in [-0.05, 0) is 30.7 Å². The molecule has 1 aromatic carbocycles. The fourth-order valence-electron chi connectivity index (χ4n) is 4.00. The molecular formula is C19H26F3NO2. The van der Waals surface area contributed by atoms with Crippen molar-refractivity contribution in [3.05, 3.63) is 35.1 Å². The average molecular weight is 357 g/mol. The smallest absolute Gasteiger partial charge is 0.306 e. The highest BCUT2D eigenvalue weighted by molar-refractivity contribution is 5.70.